The average molecular weight is 261 g/mol. The molecule has 3 N–H and O–H groups in total. The molecule has 1 spiro atoms. The molecule has 2 aliphatic rings. The minimum absolute atomic E-state index is 0.107. The molecule has 1 aromatic rings. The lowest BCUT2D eigenvalue weighted by Crippen LogP contribution is -2.70. The molecule has 1 amide bonds. The second kappa shape index (κ2) is 4.20. The average Bonchev–Trinajstić information content (AvgIpc) is 2.29. The van der Waals surface area contributed by atoms with Crippen molar-refractivity contribution in [2.45, 2.75) is 37.8 Å². The number of nitrogens with two attached hydrogens (primary N) is 1. The Bertz CT molecular complexity index is 574. The van der Waals surface area contributed by atoms with E-state index in [-0.39, 0.29) is 34.4 Å². The summed E-state index contributed by atoms with van der Waals surface area (Å²) in [7, 11) is 1.79. The fraction of sp³-hybridized carbons (Fsp3) is 0.571. The summed E-state index contributed by atoms with van der Waals surface area (Å²) in [6, 6.07) is 1.75. The molecule has 2 atom stereocenters. The lowest BCUT2D eigenvalue weighted by Gasteiger charge is -2.60. The van der Waals surface area contributed by atoms with Crippen LogP contribution >= 0.6 is 0 Å². The van der Waals surface area contributed by atoms with Crippen LogP contribution in [0.3, 0.4) is 0 Å². The Kier molecular flexibility index (Phi) is 2.74. The van der Waals surface area contributed by atoms with Crippen molar-refractivity contribution in [2.24, 2.45) is 18.2 Å². The zero-order chi connectivity index (χ0) is 13.6. The first-order valence-corrected chi connectivity index (χ1v) is 6.76. The Morgan fingerprint density at radius 1 is 1.53 bits per heavy atom. The maximum Gasteiger partial charge on any atom is 0.256 e. The van der Waals surface area contributed by atoms with Crippen LogP contribution in [0.2, 0.25) is 0 Å². The van der Waals surface area contributed by atoms with Crippen molar-refractivity contribution in [3.63, 3.8) is 0 Å². The summed E-state index contributed by atoms with van der Waals surface area (Å²) in [4.78, 5) is 23.9. The summed E-state index contributed by atoms with van der Waals surface area (Å²) in [5.41, 5.74) is 6.14. The SMILES string of the molecule is Cn1ccc(=O)c(C(=O)NC2CC(N)C23CCC3)c1. The van der Waals surface area contributed by atoms with E-state index in [2.05, 4.69) is 5.32 Å². The van der Waals surface area contributed by atoms with Crippen molar-refractivity contribution < 1.29 is 4.79 Å². The topological polar surface area (TPSA) is 77.1 Å². The van der Waals surface area contributed by atoms with Crippen molar-refractivity contribution in [3.05, 3.63) is 34.2 Å². The molecule has 0 aliphatic heterocycles. The van der Waals surface area contributed by atoms with Crippen LogP contribution in [-0.2, 0) is 7.05 Å². The zero-order valence-electron chi connectivity index (χ0n) is 11.1. The van der Waals surface area contributed by atoms with E-state index in [1.54, 1.807) is 24.0 Å². The van der Waals surface area contributed by atoms with Gasteiger partial charge in [0, 0.05) is 43.0 Å². The Hall–Kier alpha value is -1.62. The molecule has 2 saturated carbocycles. The minimum atomic E-state index is -0.274. The van der Waals surface area contributed by atoms with E-state index in [0.717, 1.165) is 19.3 Å². The number of carbonyl (C=O) groups is 1. The fourth-order valence-electron chi connectivity index (χ4n) is 3.32. The number of carbonyl (C=O) groups excluding carboxylic acids is 1. The number of rotatable bonds is 2. The van der Waals surface area contributed by atoms with Crippen LogP contribution < -0.4 is 16.5 Å². The molecule has 3 rings (SSSR count). The summed E-state index contributed by atoms with van der Waals surface area (Å²) in [5, 5.41) is 2.99. The van der Waals surface area contributed by atoms with E-state index < -0.39 is 0 Å². The van der Waals surface area contributed by atoms with E-state index in [9.17, 15) is 9.59 Å². The molecule has 0 aromatic carbocycles. The van der Waals surface area contributed by atoms with Gasteiger partial charge in [-0.3, -0.25) is 9.59 Å². The summed E-state index contributed by atoms with van der Waals surface area (Å²) in [6.45, 7) is 0. The van der Waals surface area contributed by atoms with E-state index >= 15 is 0 Å². The Balaban J connectivity index is 1.76. The van der Waals surface area contributed by atoms with E-state index in [1.807, 2.05) is 0 Å². The van der Waals surface area contributed by atoms with Crippen molar-refractivity contribution in [1.29, 1.82) is 0 Å². The molecule has 0 saturated heterocycles. The molecule has 2 fully saturated rings. The van der Waals surface area contributed by atoms with Gasteiger partial charge in [-0.1, -0.05) is 6.42 Å². The number of aromatic nitrogens is 1. The lowest BCUT2D eigenvalue weighted by molar-refractivity contribution is -0.0390. The summed E-state index contributed by atoms with van der Waals surface area (Å²) >= 11 is 0. The number of aryl methyl sites for hydroxylation is 1. The van der Waals surface area contributed by atoms with E-state index in [1.165, 1.54) is 12.5 Å². The van der Waals surface area contributed by atoms with Gasteiger partial charge in [-0.2, -0.15) is 0 Å². The Labute approximate surface area is 111 Å². The number of nitrogens with one attached hydrogen (secondary N) is 1. The molecule has 0 bridgehead atoms. The molecule has 5 heteroatoms. The monoisotopic (exact) mass is 261 g/mol. The number of amides is 1. The fourth-order valence-corrected chi connectivity index (χ4v) is 3.32. The van der Waals surface area contributed by atoms with E-state index in [0.29, 0.717) is 0 Å². The molecule has 1 aromatic heterocycles. The van der Waals surface area contributed by atoms with Gasteiger partial charge in [-0.15, -0.1) is 0 Å². The van der Waals surface area contributed by atoms with Crippen LogP contribution in [0.4, 0.5) is 0 Å². The summed E-state index contributed by atoms with van der Waals surface area (Å²) in [6.07, 6.45) is 7.40. The van der Waals surface area contributed by atoms with Gasteiger partial charge in [0.15, 0.2) is 5.43 Å². The molecular formula is C14H19N3O2. The highest BCUT2D eigenvalue weighted by atomic mass is 16.2. The van der Waals surface area contributed by atoms with Crippen LogP contribution in [0.1, 0.15) is 36.0 Å². The van der Waals surface area contributed by atoms with Gasteiger partial charge < -0.3 is 15.6 Å². The van der Waals surface area contributed by atoms with Gasteiger partial charge in [0.05, 0.1) is 0 Å². The highest BCUT2D eigenvalue weighted by molar-refractivity contribution is 5.94. The quantitative estimate of drug-likeness (QED) is 0.808. The normalized spacial score (nSPS) is 27.5. The smallest absolute Gasteiger partial charge is 0.256 e. The highest BCUT2D eigenvalue weighted by Gasteiger charge is 2.57. The first kappa shape index (κ1) is 12.4. The van der Waals surface area contributed by atoms with Gasteiger partial charge in [0.1, 0.15) is 5.56 Å². The van der Waals surface area contributed by atoms with Crippen molar-refractivity contribution in [1.82, 2.24) is 9.88 Å². The van der Waals surface area contributed by atoms with E-state index in [4.69, 9.17) is 5.73 Å². The first-order chi connectivity index (χ1) is 9.03. The van der Waals surface area contributed by atoms with Crippen molar-refractivity contribution in [3.8, 4) is 0 Å². The second-order valence-corrected chi connectivity index (χ2v) is 5.84. The van der Waals surface area contributed by atoms with Gasteiger partial charge in [-0.25, -0.2) is 0 Å². The molecule has 0 radical (unpaired) electrons. The molecule has 102 valence electrons. The minimum Gasteiger partial charge on any atom is -0.356 e. The zero-order valence-corrected chi connectivity index (χ0v) is 11.1. The predicted molar refractivity (Wildman–Crippen MR) is 71.8 cm³/mol. The molecule has 2 aliphatic carbocycles. The molecule has 2 unspecified atom stereocenters. The van der Waals surface area contributed by atoms with Crippen LogP contribution in [0.5, 0.6) is 0 Å². The van der Waals surface area contributed by atoms with Gasteiger partial charge >= 0.3 is 0 Å². The summed E-state index contributed by atoms with van der Waals surface area (Å²) < 4.78 is 1.71. The molecule has 5 nitrogen and oxygen atoms in total. The maximum absolute atomic E-state index is 12.2. The van der Waals surface area contributed by atoms with Gasteiger partial charge in [-0.05, 0) is 19.3 Å². The molecular weight excluding hydrogens is 242 g/mol. The first-order valence-electron chi connectivity index (χ1n) is 6.76. The molecule has 19 heavy (non-hydrogen) atoms. The van der Waals surface area contributed by atoms with Crippen LogP contribution in [-0.4, -0.2) is 22.6 Å². The predicted octanol–water partition coefficient (Wildman–Crippen LogP) is 0.385. The number of hydrogen-bond acceptors (Lipinski definition) is 3. The van der Waals surface area contributed by atoms with Crippen LogP contribution in [0.15, 0.2) is 23.3 Å². The third kappa shape index (κ3) is 1.80. The Morgan fingerprint density at radius 2 is 2.26 bits per heavy atom. The maximum atomic E-state index is 12.2. The van der Waals surface area contributed by atoms with Crippen LogP contribution in [0, 0.1) is 5.41 Å². The number of nitrogens with zero attached hydrogens (tertiary/aromatic N) is 1. The van der Waals surface area contributed by atoms with Gasteiger partial charge in [0.2, 0.25) is 0 Å². The van der Waals surface area contributed by atoms with Crippen LogP contribution in [0.25, 0.3) is 0 Å². The summed E-state index contributed by atoms with van der Waals surface area (Å²) in [5.74, 6) is -0.274. The Morgan fingerprint density at radius 3 is 2.84 bits per heavy atom. The molecule has 1 heterocycles. The number of hydrogen-bond donors (Lipinski definition) is 2. The lowest BCUT2D eigenvalue weighted by atomic mass is 9.50. The highest BCUT2D eigenvalue weighted by Crippen LogP contribution is 2.55. The van der Waals surface area contributed by atoms with Crippen molar-refractivity contribution in [2.75, 3.05) is 0 Å². The standard InChI is InChI=1S/C14H19N3O2/c1-17-6-3-10(18)9(8-17)13(19)16-12-7-11(15)14(12)4-2-5-14/h3,6,8,11-12H,2,4-5,7,15H2,1H3,(H,16,19). The van der Waals surface area contributed by atoms with Crippen molar-refractivity contribution >= 4 is 5.91 Å². The van der Waals surface area contributed by atoms with Gasteiger partial charge in [0.25, 0.3) is 5.91 Å². The number of pyridine rings is 1. The second-order valence-electron chi connectivity index (χ2n) is 5.84. The largest absolute Gasteiger partial charge is 0.356 e. The third-order valence-corrected chi connectivity index (χ3v) is 4.82. The third-order valence-electron chi connectivity index (χ3n) is 4.82.